The van der Waals surface area contributed by atoms with Crippen molar-refractivity contribution in [2.45, 2.75) is 6.18 Å². The summed E-state index contributed by atoms with van der Waals surface area (Å²) < 4.78 is 37.4. The predicted molar refractivity (Wildman–Crippen MR) is 64.1 cm³/mol. The number of benzene rings is 1. The Morgan fingerprint density at radius 3 is 2.50 bits per heavy atom. The molecule has 0 fully saturated rings. The lowest BCUT2D eigenvalue weighted by Gasteiger charge is -2.09. The molecule has 1 aromatic rings. The van der Waals surface area contributed by atoms with Crippen molar-refractivity contribution in [3.05, 3.63) is 29.8 Å². The van der Waals surface area contributed by atoms with E-state index in [2.05, 4.69) is 4.99 Å². The smallest absolute Gasteiger partial charge is 0.432 e. The highest BCUT2D eigenvalue weighted by Gasteiger charge is 2.33. The second kappa shape index (κ2) is 4.99. The number of anilines is 1. The molecule has 0 aromatic heterocycles. The summed E-state index contributed by atoms with van der Waals surface area (Å²) in [7, 11) is 1.01. The van der Waals surface area contributed by atoms with Crippen LogP contribution in [0.5, 0.6) is 5.75 Å². The number of nitrogen functional groups attached to an aromatic ring is 1. The Labute approximate surface area is 101 Å². The van der Waals surface area contributed by atoms with Gasteiger partial charge in [-0.1, -0.05) is 0 Å². The molecule has 0 atom stereocenters. The third-order valence-electron chi connectivity index (χ3n) is 2.16. The topological polar surface area (TPSA) is 84.6 Å². The largest absolute Gasteiger partial charge is 0.507 e. The first-order valence-electron chi connectivity index (χ1n) is 4.85. The molecule has 0 heterocycles. The molecule has 4 nitrogen and oxygen atoms in total. The molecule has 98 valence electrons. The fourth-order valence-corrected chi connectivity index (χ4v) is 1.28. The standard InChI is InChI=1S/C11H12F3N3O/c1-17-10(11(12,13)14)5-8(16)7-4-6(15)2-3-9(7)18/h2-5,18H,15-16H2,1H3. The van der Waals surface area contributed by atoms with Crippen molar-refractivity contribution >= 4 is 17.1 Å². The van der Waals surface area contributed by atoms with E-state index < -0.39 is 11.9 Å². The number of nitrogens with zero attached hydrogens (tertiary/aromatic N) is 1. The van der Waals surface area contributed by atoms with E-state index in [1.54, 1.807) is 0 Å². The van der Waals surface area contributed by atoms with E-state index in [1.807, 2.05) is 0 Å². The summed E-state index contributed by atoms with van der Waals surface area (Å²) in [6, 6.07) is 3.94. The number of aromatic hydroxyl groups is 1. The molecule has 0 spiro atoms. The Bertz CT molecular complexity index is 507. The molecule has 0 amide bonds. The Kier molecular flexibility index (Phi) is 3.85. The van der Waals surface area contributed by atoms with E-state index in [0.717, 1.165) is 7.05 Å². The maximum Gasteiger partial charge on any atom is 0.432 e. The summed E-state index contributed by atoms with van der Waals surface area (Å²) in [5, 5.41) is 9.50. The lowest BCUT2D eigenvalue weighted by Crippen LogP contribution is -2.21. The molecular formula is C11H12F3N3O. The van der Waals surface area contributed by atoms with Crippen LogP contribution >= 0.6 is 0 Å². The van der Waals surface area contributed by atoms with Gasteiger partial charge in [0, 0.05) is 24.0 Å². The van der Waals surface area contributed by atoms with E-state index >= 15 is 0 Å². The molecular weight excluding hydrogens is 247 g/mol. The van der Waals surface area contributed by atoms with Crippen LogP contribution in [0.2, 0.25) is 0 Å². The number of halogens is 3. The second-order valence-electron chi connectivity index (χ2n) is 3.48. The van der Waals surface area contributed by atoms with Gasteiger partial charge in [0.1, 0.15) is 11.5 Å². The van der Waals surface area contributed by atoms with E-state index in [4.69, 9.17) is 11.5 Å². The lowest BCUT2D eigenvalue weighted by atomic mass is 10.1. The van der Waals surface area contributed by atoms with Crippen LogP contribution in [-0.4, -0.2) is 24.0 Å². The number of phenols is 1. The molecule has 0 radical (unpaired) electrons. The lowest BCUT2D eigenvalue weighted by molar-refractivity contribution is -0.0577. The van der Waals surface area contributed by atoms with Gasteiger partial charge in [-0.2, -0.15) is 13.2 Å². The number of allylic oxidation sites excluding steroid dienone is 1. The summed E-state index contributed by atoms with van der Waals surface area (Å²) in [5.41, 5.74) is 9.87. The fraction of sp³-hybridized carbons (Fsp3) is 0.182. The number of rotatable bonds is 2. The van der Waals surface area contributed by atoms with Crippen molar-refractivity contribution in [1.82, 2.24) is 0 Å². The van der Waals surface area contributed by atoms with Crippen LogP contribution in [0.4, 0.5) is 18.9 Å². The molecule has 7 heteroatoms. The minimum Gasteiger partial charge on any atom is -0.507 e. The zero-order valence-corrected chi connectivity index (χ0v) is 9.49. The minimum atomic E-state index is -4.60. The van der Waals surface area contributed by atoms with E-state index in [-0.39, 0.29) is 22.7 Å². The molecule has 5 N–H and O–H groups in total. The molecule has 1 aromatic carbocycles. The highest BCUT2D eigenvalue weighted by Crippen LogP contribution is 2.26. The summed E-state index contributed by atoms with van der Waals surface area (Å²) >= 11 is 0. The molecule has 0 unspecified atom stereocenters. The molecule has 0 saturated carbocycles. The number of nitrogens with two attached hydrogens (primary N) is 2. The molecule has 1 rings (SSSR count). The van der Waals surface area contributed by atoms with Gasteiger partial charge in [-0.25, -0.2) is 0 Å². The van der Waals surface area contributed by atoms with Crippen LogP contribution in [0.1, 0.15) is 5.56 Å². The Hall–Kier alpha value is -2.18. The van der Waals surface area contributed by atoms with Crippen molar-refractivity contribution in [3.8, 4) is 5.75 Å². The van der Waals surface area contributed by atoms with Crippen LogP contribution in [0, 0.1) is 0 Å². The molecule has 0 aliphatic carbocycles. The van der Waals surface area contributed by atoms with Gasteiger partial charge in [0.05, 0.1) is 0 Å². The third kappa shape index (κ3) is 3.16. The van der Waals surface area contributed by atoms with Crippen molar-refractivity contribution < 1.29 is 18.3 Å². The highest BCUT2D eigenvalue weighted by molar-refractivity contribution is 6.04. The molecule has 0 bridgehead atoms. The van der Waals surface area contributed by atoms with Crippen molar-refractivity contribution in [1.29, 1.82) is 0 Å². The quantitative estimate of drug-likeness (QED) is 0.431. The van der Waals surface area contributed by atoms with Gasteiger partial charge in [0.15, 0.2) is 0 Å². The average molecular weight is 259 g/mol. The summed E-state index contributed by atoms with van der Waals surface area (Å²) in [6.07, 6.45) is -3.95. The maximum absolute atomic E-state index is 12.5. The molecule has 0 aliphatic heterocycles. The Balaban J connectivity index is 3.21. The molecule has 18 heavy (non-hydrogen) atoms. The summed E-state index contributed by atoms with van der Waals surface area (Å²) in [5.74, 6) is -0.254. The minimum absolute atomic E-state index is 0.0281. The van der Waals surface area contributed by atoms with Crippen LogP contribution in [0.3, 0.4) is 0 Å². The number of hydrogen-bond donors (Lipinski definition) is 3. The second-order valence-corrected chi connectivity index (χ2v) is 3.48. The molecule has 0 aliphatic rings. The zero-order chi connectivity index (χ0) is 13.9. The SMILES string of the molecule is CN=C(C=C(N)c1cc(N)ccc1O)C(F)(F)F. The van der Waals surface area contributed by atoms with Gasteiger partial charge in [-0.05, 0) is 24.3 Å². The Morgan fingerprint density at radius 2 is 2.00 bits per heavy atom. The van der Waals surface area contributed by atoms with Gasteiger partial charge in [0.2, 0.25) is 0 Å². The fourth-order valence-electron chi connectivity index (χ4n) is 1.28. The maximum atomic E-state index is 12.5. The van der Waals surface area contributed by atoms with Gasteiger partial charge >= 0.3 is 6.18 Å². The van der Waals surface area contributed by atoms with Crippen LogP contribution in [0.15, 0.2) is 29.3 Å². The summed E-state index contributed by atoms with van der Waals surface area (Å²) in [6.45, 7) is 0. The first kappa shape index (κ1) is 13.9. The first-order chi connectivity index (χ1) is 8.25. The van der Waals surface area contributed by atoms with Crippen LogP contribution in [0.25, 0.3) is 5.70 Å². The zero-order valence-electron chi connectivity index (χ0n) is 9.49. The summed E-state index contributed by atoms with van der Waals surface area (Å²) in [4.78, 5) is 3.10. The van der Waals surface area contributed by atoms with Gasteiger partial charge in [-0.3, -0.25) is 4.99 Å². The highest BCUT2D eigenvalue weighted by atomic mass is 19.4. The van der Waals surface area contributed by atoms with E-state index in [9.17, 15) is 18.3 Å². The average Bonchev–Trinajstić information content (AvgIpc) is 2.27. The number of hydrogen-bond acceptors (Lipinski definition) is 4. The van der Waals surface area contributed by atoms with Crippen LogP contribution < -0.4 is 11.5 Å². The number of aliphatic imine (C=N–C) groups is 1. The third-order valence-corrected chi connectivity index (χ3v) is 2.16. The Morgan fingerprint density at radius 1 is 1.39 bits per heavy atom. The van der Waals surface area contributed by atoms with Crippen molar-refractivity contribution in [2.24, 2.45) is 10.7 Å². The normalized spacial score (nSPS) is 13.8. The predicted octanol–water partition coefficient (Wildman–Crippen LogP) is 1.91. The van der Waals surface area contributed by atoms with Gasteiger partial charge in [0.25, 0.3) is 0 Å². The van der Waals surface area contributed by atoms with Crippen molar-refractivity contribution in [3.63, 3.8) is 0 Å². The monoisotopic (exact) mass is 259 g/mol. The van der Waals surface area contributed by atoms with E-state index in [0.29, 0.717) is 6.08 Å². The van der Waals surface area contributed by atoms with Gasteiger partial charge in [-0.15, -0.1) is 0 Å². The molecule has 0 saturated heterocycles. The van der Waals surface area contributed by atoms with Gasteiger partial charge < -0.3 is 16.6 Å². The number of alkyl halides is 3. The van der Waals surface area contributed by atoms with Crippen LogP contribution in [-0.2, 0) is 0 Å². The van der Waals surface area contributed by atoms with E-state index in [1.165, 1.54) is 18.2 Å². The number of phenolic OH excluding ortho intramolecular Hbond substituents is 1. The first-order valence-corrected chi connectivity index (χ1v) is 4.85. The van der Waals surface area contributed by atoms with Crippen molar-refractivity contribution in [2.75, 3.05) is 12.8 Å².